The van der Waals surface area contributed by atoms with Gasteiger partial charge in [-0.25, -0.2) is 8.78 Å². The van der Waals surface area contributed by atoms with E-state index < -0.39 is 17.3 Å². The van der Waals surface area contributed by atoms with Gasteiger partial charge in [-0.15, -0.1) is 0 Å². The molecule has 1 aliphatic heterocycles. The number of nitrogens with one attached hydrogen (secondary N) is 2. The molecule has 4 N–H and O–H groups in total. The van der Waals surface area contributed by atoms with Crippen molar-refractivity contribution in [3.05, 3.63) is 64.7 Å². The molecule has 2 aliphatic carbocycles. The van der Waals surface area contributed by atoms with Gasteiger partial charge < -0.3 is 15.8 Å². The second-order valence-electron chi connectivity index (χ2n) is 10.3. The van der Waals surface area contributed by atoms with E-state index in [0.29, 0.717) is 29.3 Å². The first-order valence-electron chi connectivity index (χ1n) is 12.9. The van der Waals surface area contributed by atoms with E-state index in [9.17, 15) is 13.6 Å². The average molecular weight is 510 g/mol. The van der Waals surface area contributed by atoms with Gasteiger partial charge in [-0.2, -0.15) is 0 Å². The molecule has 196 valence electrons. The SMILES string of the molecule is COc1c(F)cc(C2=NC3(CCCCC3)N(C(c3ccc(C(=O)NCC(=N)N)cc3)C3CC3)C2)cc1F. The van der Waals surface area contributed by atoms with Crippen LogP contribution in [-0.2, 0) is 0 Å². The zero-order chi connectivity index (χ0) is 26.2. The van der Waals surface area contributed by atoms with Gasteiger partial charge in [0.1, 0.15) is 11.5 Å². The number of hydrogen-bond acceptors (Lipinski definition) is 5. The lowest BCUT2D eigenvalue weighted by atomic mass is 9.86. The molecule has 9 heteroatoms. The number of hydrogen-bond donors (Lipinski definition) is 3. The van der Waals surface area contributed by atoms with Crippen molar-refractivity contribution in [2.45, 2.75) is 56.7 Å². The lowest BCUT2D eigenvalue weighted by Crippen LogP contribution is -2.48. The van der Waals surface area contributed by atoms with Gasteiger partial charge in [-0.05, 0) is 74.3 Å². The Balaban J connectivity index is 1.46. The van der Waals surface area contributed by atoms with Gasteiger partial charge in [0.05, 0.1) is 19.4 Å². The fourth-order valence-electron chi connectivity index (χ4n) is 5.84. The minimum absolute atomic E-state index is 0.00818. The Bertz CT molecular complexity index is 1200. The molecule has 2 aromatic rings. The van der Waals surface area contributed by atoms with E-state index in [0.717, 1.165) is 50.5 Å². The number of carbonyl (C=O) groups excluding carboxylic acids is 1. The topological polar surface area (TPSA) is 104 Å². The Morgan fingerprint density at radius 2 is 1.84 bits per heavy atom. The molecule has 0 bridgehead atoms. The third-order valence-corrected chi connectivity index (χ3v) is 7.75. The summed E-state index contributed by atoms with van der Waals surface area (Å²) in [5, 5.41) is 9.94. The summed E-state index contributed by atoms with van der Waals surface area (Å²) in [4.78, 5) is 20.0. The monoisotopic (exact) mass is 509 g/mol. The van der Waals surface area contributed by atoms with Crippen LogP contribution in [0.25, 0.3) is 0 Å². The first-order chi connectivity index (χ1) is 17.8. The van der Waals surface area contributed by atoms with Crippen molar-refractivity contribution in [1.29, 1.82) is 5.41 Å². The van der Waals surface area contributed by atoms with Crippen molar-refractivity contribution in [3.8, 4) is 5.75 Å². The zero-order valence-electron chi connectivity index (χ0n) is 21.0. The number of methoxy groups -OCH3 is 1. The van der Waals surface area contributed by atoms with Gasteiger partial charge in [0, 0.05) is 23.7 Å². The van der Waals surface area contributed by atoms with E-state index >= 15 is 0 Å². The highest BCUT2D eigenvalue weighted by Gasteiger charge is 2.50. The maximum Gasteiger partial charge on any atom is 0.251 e. The lowest BCUT2D eigenvalue weighted by molar-refractivity contribution is 0.0376. The molecule has 1 amide bonds. The summed E-state index contributed by atoms with van der Waals surface area (Å²) in [6.45, 7) is 0.515. The summed E-state index contributed by atoms with van der Waals surface area (Å²) in [5.41, 5.74) is 7.73. The third-order valence-electron chi connectivity index (χ3n) is 7.75. The van der Waals surface area contributed by atoms with Gasteiger partial charge >= 0.3 is 0 Å². The van der Waals surface area contributed by atoms with Crippen LogP contribution in [0.2, 0.25) is 0 Å². The largest absolute Gasteiger partial charge is 0.491 e. The Morgan fingerprint density at radius 1 is 1.19 bits per heavy atom. The maximum atomic E-state index is 14.6. The number of amidine groups is 1. The highest BCUT2D eigenvalue weighted by molar-refractivity contribution is 6.03. The van der Waals surface area contributed by atoms with Crippen molar-refractivity contribution in [3.63, 3.8) is 0 Å². The third kappa shape index (κ3) is 5.09. The van der Waals surface area contributed by atoms with E-state index in [2.05, 4.69) is 10.2 Å². The van der Waals surface area contributed by atoms with Crippen molar-refractivity contribution in [2.75, 3.05) is 20.2 Å². The fraction of sp³-hybridized carbons (Fsp3) is 0.464. The number of aliphatic imine (C=N–C) groups is 1. The highest BCUT2D eigenvalue weighted by atomic mass is 19.1. The number of amides is 1. The molecule has 2 saturated carbocycles. The molecule has 2 aromatic carbocycles. The van der Waals surface area contributed by atoms with Crippen LogP contribution in [-0.4, -0.2) is 48.2 Å². The first-order valence-corrected chi connectivity index (χ1v) is 12.9. The average Bonchev–Trinajstić information content (AvgIpc) is 3.66. The van der Waals surface area contributed by atoms with Crippen LogP contribution in [0.15, 0.2) is 41.4 Å². The van der Waals surface area contributed by atoms with Crippen molar-refractivity contribution in [2.24, 2.45) is 16.6 Å². The molecule has 5 rings (SSSR count). The molecule has 37 heavy (non-hydrogen) atoms. The number of ether oxygens (including phenoxy) is 1. The van der Waals surface area contributed by atoms with Crippen molar-refractivity contribution in [1.82, 2.24) is 10.2 Å². The quantitative estimate of drug-likeness (QED) is 0.359. The van der Waals surface area contributed by atoms with Crippen molar-refractivity contribution < 1.29 is 18.3 Å². The Hall–Kier alpha value is -3.33. The van der Waals surface area contributed by atoms with Gasteiger partial charge in [0.15, 0.2) is 17.4 Å². The molecule has 0 radical (unpaired) electrons. The van der Waals surface area contributed by atoms with E-state index in [1.165, 1.54) is 19.2 Å². The Morgan fingerprint density at radius 3 is 2.41 bits per heavy atom. The van der Waals surface area contributed by atoms with E-state index in [1.54, 1.807) is 12.1 Å². The second kappa shape index (κ2) is 10.2. The predicted octanol–water partition coefficient (Wildman–Crippen LogP) is 4.56. The van der Waals surface area contributed by atoms with E-state index in [-0.39, 0.29) is 30.1 Å². The van der Waals surface area contributed by atoms with Crippen LogP contribution in [0.5, 0.6) is 5.75 Å². The summed E-state index contributed by atoms with van der Waals surface area (Å²) < 4.78 is 34.0. The molecular formula is C28H33F2N5O2. The summed E-state index contributed by atoms with van der Waals surface area (Å²) in [7, 11) is 1.26. The van der Waals surface area contributed by atoms with Crippen LogP contribution in [0.1, 0.15) is 72.5 Å². The number of carbonyl (C=O) groups is 1. The summed E-state index contributed by atoms with van der Waals surface area (Å²) >= 11 is 0. The van der Waals surface area contributed by atoms with Crippen LogP contribution in [0, 0.1) is 23.0 Å². The summed E-state index contributed by atoms with van der Waals surface area (Å²) in [6, 6.07) is 10.3. The zero-order valence-corrected chi connectivity index (χ0v) is 21.0. The highest BCUT2D eigenvalue weighted by Crippen LogP contribution is 2.51. The number of rotatable bonds is 8. The molecule has 1 heterocycles. The van der Waals surface area contributed by atoms with Crippen LogP contribution >= 0.6 is 0 Å². The first kappa shape index (κ1) is 25.3. The molecule has 2 fully saturated rings. The molecule has 1 spiro atoms. The standard InChI is InChI=1S/C28H33F2N5O2/c1-37-26-21(29)13-20(14-22(26)30)23-16-35(28(34-23)11-3-2-4-12-28)25(17-5-6-17)18-7-9-19(10-8-18)27(36)33-15-24(31)32/h7-10,13-14,17,25H,2-6,11-12,15-16H2,1H3,(H3,31,32)(H,33,36). The maximum absolute atomic E-state index is 14.6. The molecule has 3 aliphatic rings. The number of halogens is 2. The van der Waals surface area contributed by atoms with E-state index in [1.807, 2.05) is 12.1 Å². The van der Waals surface area contributed by atoms with Gasteiger partial charge in [0.2, 0.25) is 0 Å². The summed E-state index contributed by atoms with van der Waals surface area (Å²) in [6.07, 6.45) is 7.32. The van der Waals surface area contributed by atoms with Crippen LogP contribution < -0.4 is 15.8 Å². The number of nitrogens with zero attached hydrogens (tertiary/aromatic N) is 2. The van der Waals surface area contributed by atoms with Gasteiger partial charge in [-0.1, -0.05) is 18.6 Å². The number of nitrogens with two attached hydrogens (primary N) is 1. The summed E-state index contributed by atoms with van der Waals surface area (Å²) in [5.74, 6) is -1.74. The minimum atomic E-state index is -0.728. The predicted molar refractivity (Wildman–Crippen MR) is 138 cm³/mol. The molecule has 1 unspecified atom stereocenters. The lowest BCUT2D eigenvalue weighted by Gasteiger charge is -2.44. The molecule has 0 aromatic heterocycles. The Kier molecular flexibility index (Phi) is 6.98. The van der Waals surface area contributed by atoms with Gasteiger partial charge in [-0.3, -0.25) is 20.1 Å². The normalized spacial score (nSPS) is 19.9. The molecule has 7 nitrogen and oxygen atoms in total. The number of benzene rings is 2. The van der Waals surface area contributed by atoms with Crippen molar-refractivity contribution >= 4 is 17.5 Å². The Labute approximate surface area is 215 Å². The van der Waals surface area contributed by atoms with Crippen LogP contribution in [0.4, 0.5) is 8.78 Å². The fourth-order valence-corrected chi connectivity index (χ4v) is 5.84. The minimum Gasteiger partial charge on any atom is -0.491 e. The molecule has 1 atom stereocenters. The molecule has 0 saturated heterocycles. The molecular weight excluding hydrogens is 476 g/mol. The van der Waals surface area contributed by atoms with Gasteiger partial charge in [0.25, 0.3) is 5.91 Å². The second-order valence-corrected chi connectivity index (χ2v) is 10.3. The smallest absolute Gasteiger partial charge is 0.251 e. The van der Waals surface area contributed by atoms with Crippen LogP contribution in [0.3, 0.4) is 0 Å². The van der Waals surface area contributed by atoms with E-state index in [4.69, 9.17) is 20.9 Å².